The lowest BCUT2D eigenvalue weighted by Crippen LogP contribution is -2.25. The number of hydrogen-bond donors (Lipinski definition) is 1. The van der Waals surface area contributed by atoms with E-state index in [2.05, 4.69) is 0 Å². The third-order valence-electron chi connectivity index (χ3n) is 1.36. The van der Waals surface area contributed by atoms with Gasteiger partial charge in [0.2, 0.25) is 0 Å². The molecule has 58 valence electrons. The lowest BCUT2D eigenvalue weighted by molar-refractivity contribution is -0.110. The predicted octanol–water partition coefficient (Wildman–Crippen LogP) is 1.11. The molecule has 0 heterocycles. The zero-order chi connectivity index (χ0) is 7.98. The molecule has 1 unspecified atom stereocenters. The van der Waals surface area contributed by atoms with Gasteiger partial charge in [0, 0.05) is 12.0 Å². The van der Waals surface area contributed by atoms with Crippen molar-refractivity contribution in [3.05, 3.63) is 12.2 Å². The maximum Gasteiger partial charge on any atom is 0.128 e. The van der Waals surface area contributed by atoms with Crippen LogP contribution in [0.2, 0.25) is 0 Å². The molecule has 0 radical (unpaired) electrons. The van der Waals surface area contributed by atoms with Gasteiger partial charge in [-0.05, 0) is 13.3 Å². The summed E-state index contributed by atoms with van der Waals surface area (Å²) in [7, 11) is 0. The number of carbonyl (C=O) groups excluding carboxylic acids is 1. The van der Waals surface area contributed by atoms with Crippen molar-refractivity contribution in [1.29, 1.82) is 0 Å². The second-order valence-corrected chi connectivity index (χ2v) is 2.41. The molecule has 10 heavy (non-hydrogen) atoms. The monoisotopic (exact) mass is 141 g/mol. The predicted molar refractivity (Wildman–Crippen MR) is 42.6 cm³/mol. The summed E-state index contributed by atoms with van der Waals surface area (Å²) in [6, 6.07) is -0.0692. The molecule has 2 atom stereocenters. The zero-order valence-corrected chi connectivity index (χ0v) is 6.58. The fourth-order valence-corrected chi connectivity index (χ4v) is 0.638. The van der Waals surface area contributed by atoms with Crippen molar-refractivity contribution < 1.29 is 4.79 Å². The first-order chi connectivity index (χ1) is 4.72. The van der Waals surface area contributed by atoms with Gasteiger partial charge in [-0.25, -0.2) is 0 Å². The number of nitrogens with two attached hydrogens (primary N) is 1. The number of aldehydes is 1. The Morgan fingerprint density at radius 2 is 2.20 bits per heavy atom. The summed E-state index contributed by atoms with van der Waals surface area (Å²) in [6.07, 6.45) is 5.66. The minimum Gasteiger partial charge on any atom is -0.327 e. The lowest BCUT2D eigenvalue weighted by atomic mass is 10.0. The standard InChI is InChI=1S/C8H15NO/c1-3-4-5-8(6-10)7(2)9/h4-8H,3,9H2,1-2H3/b5-4-/t7-,8?/m1/s1. The summed E-state index contributed by atoms with van der Waals surface area (Å²) in [5.41, 5.74) is 5.51. The van der Waals surface area contributed by atoms with Crippen molar-refractivity contribution in [1.82, 2.24) is 0 Å². The lowest BCUT2D eigenvalue weighted by Gasteiger charge is -2.07. The number of allylic oxidation sites excluding steroid dienone is 1. The molecule has 2 nitrogen and oxygen atoms in total. The van der Waals surface area contributed by atoms with Crippen LogP contribution in [0.5, 0.6) is 0 Å². The second-order valence-electron chi connectivity index (χ2n) is 2.41. The number of hydrogen-bond acceptors (Lipinski definition) is 2. The van der Waals surface area contributed by atoms with Crippen LogP contribution in [0.25, 0.3) is 0 Å². The van der Waals surface area contributed by atoms with Crippen LogP contribution in [0.4, 0.5) is 0 Å². The van der Waals surface area contributed by atoms with E-state index < -0.39 is 0 Å². The minimum absolute atomic E-state index is 0.0692. The average molecular weight is 141 g/mol. The van der Waals surface area contributed by atoms with E-state index in [0.717, 1.165) is 12.7 Å². The highest BCUT2D eigenvalue weighted by atomic mass is 16.1. The molecule has 0 aliphatic heterocycles. The molecule has 0 fully saturated rings. The highest BCUT2D eigenvalue weighted by Gasteiger charge is 2.06. The molecule has 0 rings (SSSR count). The Morgan fingerprint density at radius 1 is 1.60 bits per heavy atom. The van der Waals surface area contributed by atoms with E-state index in [0.29, 0.717) is 0 Å². The van der Waals surface area contributed by atoms with Crippen molar-refractivity contribution in [2.45, 2.75) is 26.3 Å². The molecule has 0 aliphatic rings. The topological polar surface area (TPSA) is 43.1 Å². The van der Waals surface area contributed by atoms with Crippen LogP contribution in [-0.2, 0) is 4.79 Å². The maximum atomic E-state index is 10.3. The molecule has 0 aliphatic carbocycles. The normalized spacial score (nSPS) is 17.1. The van der Waals surface area contributed by atoms with E-state index in [4.69, 9.17) is 5.73 Å². The average Bonchev–Trinajstić information content (AvgIpc) is 1.89. The van der Waals surface area contributed by atoms with Gasteiger partial charge in [0.25, 0.3) is 0 Å². The number of rotatable bonds is 4. The quantitative estimate of drug-likeness (QED) is 0.471. The summed E-state index contributed by atoms with van der Waals surface area (Å²) in [5.74, 6) is -0.111. The summed E-state index contributed by atoms with van der Waals surface area (Å²) in [4.78, 5) is 10.3. The first kappa shape index (κ1) is 9.37. The van der Waals surface area contributed by atoms with Gasteiger partial charge >= 0.3 is 0 Å². The molecule has 0 aromatic rings. The van der Waals surface area contributed by atoms with Crippen LogP contribution in [0, 0.1) is 5.92 Å². The third kappa shape index (κ3) is 3.41. The smallest absolute Gasteiger partial charge is 0.128 e. The Hall–Kier alpha value is -0.630. The van der Waals surface area contributed by atoms with E-state index in [-0.39, 0.29) is 12.0 Å². The van der Waals surface area contributed by atoms with Gasteiger partial charge in [0.15, 0.2) is 0 Å². The highest BCUT2D eigenvalue weighted by Crippen LogP contribution is 1.99. The van der Waals surface area contributed by atoms with E-state index in [1.807, 2.05) is 26.0 Å². The molecule has 0 saturated carbocycles. The Bertz CT molecular complexity index is 118. The van der Waals surface area contributed by atoms with Crippen LogP contribution >= 0.6 is 0 Å². The Balaban J connectivity index is 3.82. The minimum atomic E-state index is -0.111. The molecule has 0 amide bonds. The second kappa shape index (κ2) is 5.18. The summed E-state index contributed by atoms with van der Waals surface area (Å²) >= 11 is 0. The SMILES string of the molecule is CC/C=C\C(C=O)[C@@H](C)N. The fourth-order valence-electron chi connectivity index (χ4n) is 0.638. The molecule has 0 bridgehead atoms. The van der Waals surface area contributed by atoms with E-state index >= 15 is 0 Å². The van der Waals surface area contributed by atoms with Crippen molar-refractivity contribution in [3.63, 3.8) is 0 Å². The van der Waals surface area contributed by atoms with Gasteiger partial charge in [-0.15, -0.1) is 0 Å². The van der Waals surface area contributed by atoms with Crippen LogP contribution in [0.1, 0.15) is 20.3 Å². The first-order valence-corrected chi connectivity index (χ1v) is 3.60. The zero-order valence-electron chi connectivity index (χ0n) is 6.58. The van der Waals surface area contributed by atoms with Gasteiger partial charge in [-0.3, -0.25) is 0 Å². The third-order valence-corrected chi connectivity index (χ3v) is 1.36. The molecule has 2 N–H and O–H groups in total. The van der Waals surface area contributed by atoms with Crippen molar-refractivity contribution in [2.75, 3.05) is 0 Å². The molecule has 2 heteroatoms. The summed E-state index contributed by atoms with van der Waals surface area (Å²) in [5, 5.41) is 0. The van der Waals surface area contributed by atoms with E-state index in [1.54, 1.807) is 0 Å². The molecular formula is C8H15NO. The largest absolute Gasteiger partial charge is 0.327 e. The molecule has 0 saturated heterocycles. The van der Waals surface area contributed by atoms with Gasteiger partial charge in [-0.1, -0.05) is 19.1 Å². The van der Waals surface area contributed by atoms with Gasteiger partial charge in [-0.2, -0.15) is 0 Å². The Labute approximate surface area is 62.1 Å². The van der Waals surface area contributed by atoms with Crippen molar-refractivity contribution in [3.8, 4) is 0 Å². The van der Waals surface area contributed by atoms with E-state index in [9.17, 15) is 4.79 Å². The molecular weight excluding hydrogens is 126 g/mol. The fraction of sp³-hybridized carbons (Fsp3) is 0.625. The van der Waals surface area contributed by atoms with Crippen molar-refractivity contribution in [2.24, 2.45) is 11.7 Å². The molecule has 0 aromatic heterocycles. The molecule has 0 spiro atoms. The van der Waals surface area contributed by atoms with Crippen LogP contribution in [0.3, 0.4) is 0 Å². The van der Waals surface area contributed by atoms with E-state index in [1.165, 1.54) is 0 Å². The van der Waals surface area contributed by atoms with Gasteiger partial charge < -0.3 is 10.5 Å². The Kier molecular flexibility index (Phi) is 4.85. The summed E-state index contributed by atoms with van der Waals surface area (Å²) < 4.78 is 0. The summed E-state index contributed by atoms with van der Waals surface area (Å²) in [6.45, 7) is 3.86. The number of carbonyl (C=O) groups is 1. The highest BCUT2D eigenvalue weighted by molar-refractivity contribution is 5.57. The van der Waals surface area contributed by atoms with Crippen LogP contribution in [0.15, 0.2) is 12.2 Å². The molecule has 0 aromatic carbocycles. The van der Waals surface area contributed by atoms with Gasteiger partial charge in [0.05, 0.1) is 0 Å². The maximum absolute atomic E-state index is 10.3. The Morgan fingerprint density at radius 3 is 2.50 bits per heavy atom. The van der Waals surface area contributed by atoms with Crippen LogP contribution < -0.4 is 5.73 Å². The van der Waals surface area contributed by atoms with Crippen molar-refractivity contribution >= 4 is 6.29 Å². The van der Waals surface area contributed by atoms with Crippen LogP contribution in [-0.4, -0.2) is 12.3 Å². The van der Waals surface area contributed by atoms with Gasteiger partial charge in [0.1, 0.15) is 6.29 Å². The first-order valence-electron chi connectivity index (χ1n) is 3.60.